The first-order valence-electron chi connectivity index (χ1n) is 14.1. The standard InChI is InChI=1S/C24H21N3O4.C7H12N2O/c1-13-16(12-28)11-27-22(13)19(5-6-25-27)31-17-3-4-18-20(7-17)30-14(2)21(18)23(29)26-24-8-15(9-24)10-24;1-9-4-7(5-9)2-6(10)8-3-7/h3-7,11-12,15H,8-10H2,1-2H3,(H,26,29);2-5H2,1H3,(H,8,10). The van der Waals surface area contributed by atoms with Crippen molar-refractivity contribution >= 4 is 34.6 Å². The zero-order valence-electron chi connectivity index (χ0n) is 23.5. The van der Waals surface area contributed by atoms with Gasteiger partial charge in [-0.1, -0.05) is 0 Å². The molecule has 2 aliphatic heterocycles. The first-order valence-corrected chi connectivity index (χ1v) is 14.1. The smallest absolute Gasteiger partial charge is 0.255 e. The van der Waals surface area contributed by atoms with Gasteiger partial charge in [0.05, 0.1) is 11.8 Å². The van der Waals surface area contributed by atoms with Crippen molar-refractivity contribution in [3.8, 4) is 11.5 Å². The maximum atomic E-state index is 12.9. The summed E-state index contributed by atoms with van der Waals surface area (Å²) in [5.74, 6) is 2.73. The van der Waals surface area contributed by atoms with E-state index in [9.17, 15) is 14.4 Å². The number of hydrogen-bond acceptors (Lipinski definition) is 7. The Labute approximate surface area is 237 Å². The van der Waals surface area contributed by atoms with Crippen molar-refractivity contribution in [2.45, 2.75) is 45.1 Å². The van der Waals surface area contributed by atoms with Gasteiger partial charge < -0.3 is 24.7 Å². The normalized spacial score (nSPS) is 23.7. The molecule has 10 nitrogen and oxygen atoms in total. The molecule has 2 bridgehead atoms. The van der Waals surface area contributed by atoms with Crippen LogP contribution in [-0.4, -0.2) is 64.8 Å². The summed E-state index contributed by atoms with van der Waals surface area (Å²) >= 11 is 0. The lowest BCUT2D eigenvalue weighted by Crippen LogP contribution is -2.68. The number of ether oxygens (including phenoxy) is 1. The first kappa shape index (κ1) is 25.8. The summed E-state index contributed by atoms with van der Waals surface area (Å²) in [6.45, 7) is 6.76. The molecule has 2 saturated heterocycles. The monoisotopic (exact) mass is 555 g/mol. The Morgan fingerprint density at radius 3 is 2.63 bits per heavy atom. The van der Waals surface area contributed by atoms with Gasteiger partial charge in [-0.25, -0.2) is 4.52 Å². The highest BCUT2D eigenvalue weighted by Crippen LogP contribution is 2.57. The van der Waals surface area contributed by atoms with Crippen LogP contribution in [0.1, 0.15) is 57.7 Å². The molecule has 1 aromatic carbocycles. The van der Waals surface area contributed by atoms with Crippen LogP contribution in [0.2, 0.25) is 0 Å². The third-order valence-corrected chi connectivity index (χ3v) is 9.17. The molecule has 41 heavy (non-hydrogen) atoms. The number of furan rings is 1. The molecule has 5 heterocycles. The SMILES string of the molecule is CN1CC2(CNC(=O)C2)C1.Cc1oc2cc(Oc3ccnn4cc(C=O)c(C)c34)ccc2c1C(=O)NC12CC(C1)C2. The van der Waals surface area contributed by atoms with E-state index in [0.29, 0.717) is 39.4 Å². The molecule has 2 amide bonds. The van der Waals surface area contributed by atoms with E-state index in [1.807, 2.05) is 26.0 Å². The number of hydrogen-bond donors (Lipinski definition) is 2. The largest absolute Gasteiger partial charge is 0.460 e. The van der Waals surface area contributed by atoms with E-state index in [1.54, 1.807) is 29.0 Å². The number of carbonyl (C=O) groups excluding carboxylic acids is 3. The summed E-state index contributed by atoms with van der Waals surface area (Å²) in [4.78, 5) is 37.3. The van der Waals surface area contributed by atoms with Crippen LogP contribution >= 0.6 is 0 Å². The fraction of sp³-hybridized carbons (Fsp3) is 0.419. The van der Waals surface area contributed by atoms with E-state index in [0.717, 1.165) is 74.0 Å². The number of rotatable bonds is 5. The molecule has 9 rings (SSSR count). The van der Waals surface area contributed by atoms with Crippen molar-refractivity contribution in [1.29, 1.82) is 0 Å². The van der Waals surface area contributed by atoms with Crippen LogP contribution in [0.15, 0.2) is 41.1 Å². The van der Waals surface area contributed by atoms with Crippen LogP contribution < -0.4 is 15.4 Å². The summed E-state index contributed by atoms with van der Waals surface area (Å²) in [7, 11) is 2.09. The van der Waals surface area contributed by atoms with Gasteiger partial charge in [-0.2, -0.15) is 5.10 Å². The zero-order chi connectivity index (χ0) is 28.5. The number of benzene rings is 1. The fourth-order valence-corrected chi connectivity index (χ4v) is 7.12. The number of nitrogens with zero attached hydrogens (tertiary/aromatic N) is 3. The molecule has 1 spiro atoms. The second kappa shape index (κ2) is 9.17. The second-order valence-electron chi connectivity index (χ2n) is 12.4. The number of likely N-dealkylation sites (tertiary alicyclic amines) is 1. The topological polar surface area (TPSA) is 118 Å². The summed E-state index contributed by atoms with van der Waals surface area (Å²) in [5.41, 5.74) is 3.65. The Morgan fingerprint density at radius 1 is 1.22 bits per heavy atom. The van der Waals surface area contributed by atoms with Crippen LogP contribution in [0.4, 0.5) is 0 Å². The lowest BCUT2D eigenvalue weighted by molar-refractivity contribution is -0.120. The van der Waals surface area contributed by atoms with Gasteiger partial charge in [-0.15, -0.1) is 0 Å². The van der Waals surface area contributed by atoms with Gasteiger partial charge in [0.15, 0.2) is 12.0 Å². The molecule has 4 aromatic rings. The van der Waals surface area contributed by atoms with E-state index in [2.05, 4.69) is 27.7 Å². The summed E-state index contributed by atoms with van der Waals surface area (Å²) < 4.78 is 13.7. The Kier molecular flexibility index (Phi) is 5.76. The molecule has 3 aliphatic carbocycles. The number of nitrogens with one attached hydrogen (secondary N) is 2. The maximum Gasteiger partial charge on any atom is 0.255 e. The van der Waals surface area contributed by atoms with Gasteiger partial charge in [0, 0.05) is 66.3 Å². The number of amides is 2. The molecule has 0 atom stereocenters. The molecule has 5 aliphatic rings. The number of aromatic nitrogens is 2. The highest BCUT2D eigenvalue weighted by molar-refractivity contribution is 6.07. The first-order chi connectivity index (χ1) is 19.7. The number of aldehydes is 1. The third-order valence-electron chi connectivity index (χ3n) is 9.17. The lowest BCUT2D eigenvalue weighted by Gasteiger charge is -2.61. The van der Waals surface area contributed by atoms with Gasteiger partial charge in [0.2, 0.25) is 5.91 Å². The van der Waals surface area contributed by atoms with E-state index < -0.39 is 0 Å². The van der Waals surface area contributed by atoms with Gasteiger partial charge in [0.1, 0.15) is 22.6 Å². The van der Waals surface area contributed by atoms with Gasteiger partial charge in [-0.05, 0) is 63.8 Å². The highest BCUT2D eigenvalue weighted by Gasteiger charge is 2.57. The van der Waals surface area contributed by atoms with Crippen LogP contribution in [0.5, 0.6) is 11.5 Å². The minimum absolute atomic E-state index is 0.0169. The average molecular weight is 556 g/mol. The second-order valence-corrected chi connectivity index (χ2v) is 12.4. The van der Waals surface area contributed by atoms with E-state index in [-0.39, 0.29) is 17.4 Å². The number of aryl methyl sites for hydroxylation is 2. The van der Waals surface area contributed by atoms with Crippen molar-refractivity contribution in [2.24, 2.45) is 11.3 Å². The van der Waals surface area contributed by atoms with Crippen LogP contribution in [0.3, 0.4) is 0 Å². The number of fused-ring (bicyclic) bond motifs is 2. The summed E-state index contributed by atoms with van der Waals surface area (Å²) in [5, 5.41) is 11.1. The summed E-state index contributed by atoms with van der Waals surface area (Å²) in [6, 6.07) is 7.23. The maximum absolute atomic E-state index is 12.9. The third kappa shape index (κ3) is 4.28. The van der Waals surface area contributed by atoms with Crippen molar-refractivity contribution in [1.82, 2.24) is 25.1 Å². The van der Waals surface area contributed by atoms with Crippen molar-refractivity contribution in [3.05, 3.63) is 59.1 Å². The van der Waals surface area contributed by atoms with E-state index in [4.69, 9.17) is 9.15 Å². The average Bonchev–Trinajstić information content (AvgIpc) is 3.53. The van der Waals surface area contributed by atoms with Gasteiger partial charge in [-0.3, -0.25) is 14.4 Å². The van der Waals surface area contributed by atoms with Crippen LogP contribution in [0.25, 0.3) is 16.5 Å². The minimum Gasteiger partial charge on any atom is -0.460 e. The fourth-order valence-electron chi connectivity index (χ4n) is 7.12. The molecular weight excluding hydrogens is 522 g/mol. The molecule has 0 unspecified atom stereocenters. The highest BCUT2D eigenvalue weighted by atomic mass is 16.5. The van der Waals surface area contributed by atoms with Gasteiger partial charge in [0.25, 0.3) is 5.91 Å². The Bertz CT molecular complexity index is 1710. The quantitative estimate of drug-likeness (QED) is 0.357. The van der Waals surface area contributed by atoms with E-state index >= 15 is 0 Å². The van der Waals surface area contributed by atoms with Gasteiger partial charge >= 0.3 is 0 Å². The molecule has 3 aromatic heterocycles. The van der Waals surface area contributed by atoms with Crippen molar-refractivity contribution in [3.63, 3.8) is 0 Å². The molecule has 10 heteroatoms. The molecule has 0 radical (unpaired) electrons. The zero-order valence-corrected chi connectivity index (χ0v) is 23.5. The Morgan fingerprint density at radius 2 is 2.00 bits per heavy atom. The van der Waals surface area contributed by atoms with Crippen LogP contribution in [-0.2, 0) is 4.79 Å². The van der Waals surface area contributed by atoms with Crippen LogP contribution in [0, 0.1) is 25.2 Å². The molecule has 2 N–H and O–H groups in total. The van der Waals surface area contributed by atoms with Crippen molar-refractivity contribution in [2.75, 3.05) is 26.7 Å². The predicted octanol–water partition coefficient (Wildman–Crippen LogP) is 4.02. The Balaban J connectivity index is 0.000000232. The molecular formula is C31H33N5O5. The minimum atomic E-state index is -0.0656. The molecule has 3 saturated carbocycles. The van der Waals surface area contributed by atoms with E-state index in [1.165, 1.54) is 0 Å². The lowest BCUT2D eigenvalue weighted by atomic mass is 9.50. The molecule has 212 valence electrons. The molecule has 5 fully saturated rings. The van der Waals surface area contributed by atoms with Crippen molar-refractivity contribution < 1.29 is 23.5 Å². The summed E-state index contributed by atoms with van der Waals surface area (Å²) in [6.07, 6.45) is 8.15. The number of carbonyl (C=O) groups is 3. The Hall–Kier alpha value is -4.18. The predicted molar refractivity (Wildman–Crippen MR) is 151 cm³/mol.